The van der Waals surface area contributed by atoms with Gasteiger partial charge in [-0.05, 0) is 52.4 Å². The third-order valence-corrected chi connectivity index (χ3v) is 13.8. The molecule has 0 saturated carbocycles. The van der Waals surface area contributed by atoms with Crippen molar-refractivity contribution in [3.8, 4) is 0 Å². The monoisotopic (exact) mass is 1050 g/mol. The molecule has 12 N–H and O–H groups in total. The number of anilines is 6. The van der Waals surface area contributed by atoms with E-state index in [1.165, 1.54) is 0 Å². The summed E-state index contributed by atoms with van der Waals surface area (Å²) in [6.07, 6.45) is 5.43. The molecule has 24 nitrogen and oxygen atoms in total. The lowest BCUT2D eigenvalue weighted by molar-refractivity contribution is -0.138. The van der Waals surface area contributed by atoms with Crippen LogP contribution in [0, 0.1) is 0 Å². The zero-order valence-corrected chi connectivity index (χ0v) is 41.5. The van der Waals surface area contributed by atoms with Gasteiger partial charge in [0.15, 0.2) is 0 Å². The number of H-pyrrole nitrogens is 4. The summed E-state index contributed by atoms with van der Waals surface area (Å²) in [5.41, 5.74) is 6.25. The number of hydrogen-bond acceptors (Lipinski definition) is 16. The Labute approximate surface area is 442 Å². The molecule has 396 valence electrons. The zero-order valence-electron chi connectivity index (χ0n) is 41.5. The Kier molecular flexibility index (Phi) is 13.8. The lowest BCUT2D eigenvalue weighted by atomic mass is 10.1. The minimum Gasteiger partial charge on any atom is -0.480 e. The predicted octanol–water partition coefficient (Wildman–Crippen LogP) is 5.74. The van der Waals surface area contributed by atoms with E-state index in [0.29, 0.717) is 5.69 Å². The van der Waals surface area contributed by atoms with E-state index in [-0.39, 0.29) is 87.6 Å². The molecule has 0 radical (unpaired) electrons. The Hall–Kier alpha value is -10.3. The van der Waals surface area contributed by atoms with Crippen LogP contribution in [-0.4, -0.2) is 144 Å². The van der Waals surface area contributed by atoms with Gasteiger partial charge in [0, 0.05) is 114 Å². The lowest BCUT2D eigenvalue weighted by Gasteiger charge is -2.35. The smallest absolute Gasteiger partial charge is 0.326 e. The molecule has 4 atom stereocenters. The Bertz CT molecular complexity index is 3700. The Morgan fingerprint density at radius 1 is 0.436 bits per heavy atom. The molecule has 7 heterocycles. The summed E-state index contributed by atoms with van der Waals surface area (Å²) in [4.78, 5) is 95.8. The normalized spacial score (nSPS) is 14.3. The molecule has 1 aliphatic rings. The number of nitrogens with zero attached hydrogens (tertiary/aromatic N) is 8. The number of piperazine rings is 1. The second-order valence-corrected chi connectivity index (χ2v) is 19.0. The number of para-hydroxylation sites is 4. The van der Waals surface area contributed by atoms with E-state index in [9.17, 15) is 39.6 Å². The maximum absolute atomic E-state index is 12.9. The SMILES string of the molecule is O=C(O)[C@H](Cc1cc2ccccc2[nH]1)Nc1nc(N[C@@H](Cc2c[nH]c3ccccc23)C(=O)O)nc(N2CCN(c3nc(N[C@@H](Cc4c[nH]c5ccccc45)C(=O)O)nc(N[C@@H](Cc4c[nH]c5ccccc45)C(=O)O)n3)CC2)n1. The number of rotatable bonds is 22. The fraction of sp³-hybridized carbons (Fsp3) is 0.222. The third-order valence-electron chi connectivity index (χ3n) is 13.8. The molecular formula is C54H52N16O8. The topological polar surface area (TPSA) is 344 Å². The van der Waals surface area contributed by atoms with E-state index in [0.717, 1.165) is 60.3 Å². The maximum Gasteiger partial charge on any atom is 0.326 e. The Morgan fingerprint density at radius 2 is 0.756 bits per heavy atom. The van der Waals surface area contributed by atoms with E-state index in [2.05, 4.69) is 56.2 Å². The van der Waals surface area contributed by atoms with Crippen LogP contribution >= 0.6 is 0 Å². The molecule has 1 fully saturated rings. The first-order valence-electron chi connectivity index (χ1n) is 25.1. The first-order valence-corrected chi connectivity index (χ1v) is 25.1. The van der Waals surface area contributed by atoms with Crippen LogP contribution in [0.4, 0.5) is 35.7 Å². The number of aliphatic carboxylic acids is 4. The summed E-state index contributed by atoms with van der Waals surface area (Å²) in [5, 5.41) is 57.4. The van der Waals surface area contributed by atoms with Gasteiger partial charge < -0.3 is 71.4 Å². The molecule has 1 aliphatic heterocycles. The summed E-state index contributed by atoms with van der Waals surface area (Å²) in [7, 11) is 0. The van der Waals surface area contributed by atoms with Crippen molar-refractivity contribution >= 4 is 103 Å². The van der Waals surface area contributed by atoms with Crippen molar-refractivity contribution < 1.29 is 39.6 Å². The summed E-state index contributed by atoms with van der Waals surface area (Å²) < 4.78 is 0. The number of carbonyl (C=O) groups is 4. The number of aromatic amines is 4. The lowest BCUT2D eigenvalue weighted by Crippen LogP contribution is -2.48. The number of carboxylic acid groups (broad SMARTS) is 4. The van der Waals surface area contributed by atoms with Gasteiger partial charge in [-0.1, -0.05) is 72.8 Å². The standard InChI is InChI=1S/C54H52N16O8/c71-45(72)41(22-30-26-55-38-14-6-2-10-34(30)38)59-49-63-50(60-42(46(73)74)23-31-27-56-39-15-7-3-11-35(31)39)66-53(65-49)69-17-19-70(20-18-69)54-67-51(61-43(47(75)76)24-32-28-57-40-16-8-4-12-36(32)40)64-52(68-54)62-44(48(77)78)25-33-21-29-9-1-5-13-37(29)58-33/h1-16,21,26-28,41-44,55-58H,17-20,22-25H2,(H,71,72)(H,73,74)(H,75,76)(H,77,78)(H2,59,60,63,65,66)(H2,61,62,64,67,68)/t41-,42-,43-,44-/m0/s1. The highest BCUT2D eigenvalue weighted by molar-refractivity contribution is 5.88. The van der Waals surface area contributed by atoms with Crippen molar-refractivity contribution in [3.63, 3.8) is 0 Å². The molecule has 10 aromatic rings. The molecule has 78 heavy (non-hydrogen) atoms. The summed E-state index contributed by atoms with van der Waals surface area (Å²) in [5.74, 6) is -4.92. The van der Waals surface area contributed by atoms with E-state index in [1.807, 2.05) is 113 Å². The fourth-order valence-corrected chi connectivity index (χ4v) is 9.83. The largest absolute Gasteiger partial charge is 0.480 e. The van der Waals surface area contributed by atoms with Gasteiger partial charge in [0.05, 0.1) is 0 Å². The predicted molar refractivity (Wildman–Crippen MR) is 292 cm³/mol. The summed E-state index contributed by atoms with van der Waals surface area (Å²) in [6.45, 7) is 0.912. The molecule has 0 spiro atoms. The molecule has 0 aliphatic carbocycles. The van der Waals surface area contributed by atoms with Crippen LogP contribution in [0.5, 0.6) is 0 Å². The maximum atomic E-state index is 12.9. The first kappa shape index (κ1) is 49.9. The number of aromatic nitrogens is 10. The molecule has 0 amide bonds. The summed E-state index contributed by atoms with van der Waals surface area (Å²) >= 11 is 0. The van der Waals surface area contributed by atoms with Gasteiger partial charge in [0.2, 0.25) is 35.7 Å². The van der Waals surface area contributed by atoms with Gasteiger partial charge in [-0.2, -0.15) is 29.9 Å². The summed E-state index contributed by atoms with van der Waals surface area (Å²) in [6, 6.07) is 27.2. The molecule has 24 heteroatoms. The first-order chi connectivity index (χ1) is 37.9. The second-order valence-electron chi connectivity index (χ2n) is 19.0. The molecule has 1 saturated heterocycles. The minimum atomic E-state index is -1.22. The van der Waals surface area contributed by atoms with E-state index >= 15 is 0 Å². The van der Waals surface area contributed by atoms with Crippen LogP contribution < -0.4 is 31.1 Å². The van der Waals surface area contributed by atoms with Crippen molar-refractivity contribution in [1.82, 2.24) is 49.8 Å². The average molecular weight is 1050 g/mol. The number of fused-ring (bicyclic) bond motifs is 4. The number of nitrogens with one attached hydrogen (secondary N) is 8. The number of hydrogen-bond donors (Lipinski definition) is 12. The quantitative estimate of drug-likeness (QED) is 0.0385. The van der Waals surface area contributed by atoms with Crippen molar-refractivity contribution in [1.29, 1.82) is 0 Å². The van der Waals surface area contributed by atoms with Gasteiger partial charge in [0.1, 0.15) is 24.2 Å². The molecular weight excluding hydrogens is 1000 g/mol. The fourth-order valence-electron chi connectivity index (χ4n) is 9.83. The van der Waals surface area contributed by atoms with E-state index in [1.54, 1.807) is 18.6 Å². The number of benzene rings is 4. The van der Waals surface area contributed by atoms with E-state index < -0.39 is 48.0 Å². The van der Waals surface area contributed by atoms with Gasteiger partial charge >= 0.3 is 23.9 Å². The third kappa shape index (κ3) is 10.9. The zero-order chi connectivity index (χ0) is 53.9. The van der Waals surface area contributed by atoms with Gasteiger partial charge in [-0.15, -0.1) is 0 Å². The molecule has 0 unspecified atom stereocenters. The van der Waals surface area contributed by atoms with Crippen LogP contribution in [0.1, 0.15) is 22.4 Å². The molecule has 11 rings (SSSR count). The highest BCUT2D eigenvalue weighted by atomic mass is 16.4. The van der Waals surface area contributed by atoms with Crippen LogP contribution in [0.2, 0.25) is 0 Å². The van der Waals surface area contributed by atoms with Gasteiger partial charge in [-0.25, -0.2) is 19.2 Å². The van der Waals surface area contributed by atoms with E-state index in [4.69, 9.17) is 15.0 Å². The van der Waals surface area contributed by atoms with Gasteiger partial charge in [0.25, 0.3) is 0 Å². The molecule has 0 bridgehead atoms. The second kappa shape index (κ2) is 21.5. The Balaban J connectivity index is 0.880. The molecule has 4 aromatic carbocycles. The minimum absolute atomic E-state index is 0.0247. The molecule has 6 aromatic heterocycles. The van der Waals surface area contributed by atoms with Crippen molar-refractivity contribution in [2.24, 2.45) is 0 Å². The highest BCUT2D eigenvalue weighted by Gasteiger charge is 2.30. The average Bonchev–Trinajstić information content (AvgIpc) is 4.27. The Morgan fingerprint density at radius 3 is 1.10 bits per heavy atom. The van der Waals surface area contributed by atoms with Crippen molar-refractivity contribution in [2.45, 2.75) is 49.9 Å². The highest BCUT2D eigenvalue weighted by Crippen LogP contribution is 2.27. The van der Waals surface area contributed by atoms with Crippen LogP contribution in [-0.2, 0) is 44.9 Å². The van der Waals surface area contributed by atoms with Crippen LogP contribution in [0.3, 0.4) is 0 Å². The van der Waals surface area contributed by atoms with Crippen LogP contribution in [0.25, 0.3) is 43.6 Å². The van der Waals surface area contributed by atoms with Crippen molar-refractivity contribution in [2.75, 3.05) is 57.2 Å². The van der Waals surface area contributed by atoms with Crippen LogP contribution in [0.15, 0.2) is 122 Å². The number of carboxylic acids is 4. The van der Waals surface area contributed by atoms with Gasteiger partial charge in [-0.3, -0.25) is 0 Å². The van der Waals surface area contributed by atoms with Crippen molar-refractivity contribution in [3.05, 3.63) is 144 Å².